The van der Waals surface area contributed by atoms with E-state index in [4.69, 9.17) is 14.7 Å². The van der Waals surface area contributed by atoms with E-state index in [1.165, 1.54) is 16.4 Å². The predicted molar refractivity (Wildman–Crippen MR) is 125 cm³/mol. The molecule has 0 spiro atoms. The number of fused-ring (bicyclic) bond motifs is 1. The summed E-state index contributed by atoms with van der Waals surface area (Å²) in [6, 6.07) is 3.31. The molecular formula is C23H26F2N6O3S. The maximum atomic E-state index is 14.0. The molecule has 0 atom stereocenters. The number of ether oxygens (including phenoxy) is 1. The molecule has 12 heteroatoms. The van der Waals surface area contributed by atoms with Crippen LogP contribution in [-0.4, -0.2) is 64.4 Å². The molecule has 0 unspecified atom stereocenters. The lowest BCUT2D eigenvalue weighted by atomic mass is 10.1. The van der Waals surface area contributed by atoms with Gasteiger partial charge >= 0.3 is 0 Å². The molecule has 4 heterocycles. The number of aromatic amines is 1. The van der Waals surface area contributed by atoms with Crippen LogP contribution in [0.2, 0.25) is 0 Å². The Balaban J connectivity index is 1.37. The molecule has 9 nitrogen and oxygen atoms in total. The van der Waals surface area contributed by atoms with Gasteiger partial charge in [0.05, 0.1) is 29.9 Å². The topological polar surface area (TPSA) is 104 Å². The first kappa shape index (κ1) is 23.6. The highest BCUT2D eigenvalue weighted by Gasteiger charge is 2.31. The minimum atomic E-state index is -3.32. The van der Waals surface area contributed by atoms with E-state index in [0.29, 0.717) is 56.1 Å². The second-order valence-corrected chi connectivity index (χ2v) is 10.9. The second-order valence-electron chi connectivity index (χ2n) is 8.64. The smallest absolute Gasteiger partial charge is 0.214 e. The fourth-order valence-electron chi connectivity index (χ4n) is 4.45. The summed E-state index contributed by atoms with van der Waals surface area (Å²) in [5.41, 5.74) is 2.84. The number of rotatable bonds is 6. The molecule has 3 aromatic rings. The number of H-pyrrole nitrogens is 1. The maximum absolute atomic E-state index is 14.0. The van der Waals surface area contributed by atoms with Crippen LogP contribution in [-0.2, 0) is 23.0 Å². The van der Waals surface area contributed by atoms with Crippen molar-refractivity contribution in [3.8, 4) is 17.0 Å². The Morgan fingerprint density at radius 1 is 1.14 bits per heavy atom. The molecule has 1 fully saturated rings. The van der Waals surface area contributed by atoms with E-state index in [-0.39, 0.29) is 24.2 Å². The van der Waals surface area contributed by atoms with Gasteiger partial charge in [-0.1, -0.05) is 0 Å². The summed E-state index contributed by atoms with van der Waals surface area (Å²) in [5.74, 6) is -0.555. The Kier molecular flexibility index (Phi) is 6.41. The van der Waals surface area contributed by atoms with E-state index < -0.39 is 21.7 Å². The monoisotopic (exact) mass is 504 g/mol. The molecule has 5 rings (SSSR count). The van der Waals surface area contributed by atoms with Crippen molar-refractivity contribution in [2.24, 2.45) is 0 Å². The van der Waals surface area contributed by atoms with Crippen LogP contribution < -0.4 is 9.64 Å². The SMILES string of the molecule is CCS(=O)(=O)N1CCc2nc(N3CCC(Oc4ccc(F)cc4F)CC3)c(-c3cn[nH]c3)nc2C1. The molecule has 1 aromatic carbocycles. The zero-order chi connectivity index (χ0) is 24.6. The summed E-state index contributed by atoms with van der Waals surface area (Å²) in [4.78, 5) is 11.9. The molecule has 0 bridgehead atoms. The number of hydrogen-bond acceptors (Lipinski definition) is 7. The fraction of sp³-hybridized carbons (Fsp3) is 0.435. The Morgan fingerprint density at radius 2 is 1.94 bits per heavy atom. The first-order valence-electron chi connectivity index (χ1n) is 11.6. The highest BCUT2D eigenvalue weighted by molar-refractivity contribution is 7.89. The largest absolute Gasteiger partial charge is 0.487 e. The van der Waals surface area contributed by atoms with Crippen molar-refractivity contribution in [3.05, 3.63) is 53.6 Å². The maximum Gasteiger partial charge on any atom is 0.214 e. The number of benzene rings is 1. The average Bonchev–Trinajstić information content (AvgIpc) is 3.40. The lowest BCUT2D eigenvalue weighted by molar-refractivity contribution is 0.163. The van der Waals surface area contributed by atoms with Gasteiger partial charge in [-0.2, -0.15) is 9.40 Å². The van der Waals surface area contributed by atoms with E-state index in [2.05, 4.69) is 15.1 Å². The van der Waals surface area contributed by atoms with Crippen molar-refractivity contribution in [1.82, 2.24) is 24.5 Å². The number of hydrogen-bond donors (Lipinski definition) is 1. The Labute approximate surface area is 202 Å². The lowest BCUT2D eigenvalue weighted by Crippen LogP contribution is -2.40. The third-order valence-corrected chi connectivity index (χ3v) is 8.24. The minimum absolute atomic E-state index is 0.0429. The molecule has 1 N–H and O–H groups in total. The summed E-state index contributed by atoms with van der Waals surface area (Å²) >= 11 is 0. The van der Waals surface area contributed by atoms with Crippen molar-refractivity contribution in [3.63, 3.8) is 0 Å². The molecule has 2 aliphatic rings. The van der Waals surface area contributed by atoms with Crippen LogP contribution in [0.3, 0.4) is 0 Å². The normalized spacial score (nSPS) is 17.4. The number of halogens is 2. The van der Waals surface area contributed by atoms with Crippen molar-refractivity contribution in [2.75, 3.05) is 30.3 Å². The first-order valence-corrected chi connectivity index (χ1v) is 13.2. The van der Waals surface area contributed by atoms with Gasteiger partial charge in [0.1, 0.15) is 17.6 Å². The van der Waals surface area contributed by atoms with Crippen LogP contribution in [0.1, 0.15) is 31.2 Å². The molecule has 0 aliphatic carbocycles. The molecule has 2 aliphatic heterocycles. The van der Waals surface area contributed by atoms with Crippen LogP contribution in [0.15, 0.2) is 30.6 Å². The van der Waals surface area contributed by atoms with Gasteiger partial charge in [-0.3, -0.25) is 5.10 Å². The molecular weight excluding hydrogens is 478 g/mol. The molecule has 0 amide bonds. The van der Waals surface area contributed by atoms with Crippen LogP contribution in [0.4, 0.5) is 14.6 Å². The second kappa shape index (κ2) is 9.50. The van der Waals surface area contributed by atoms with Gasteiger partial charge in [-0.15, -0.1) is 0 Å². The standard InChI is InChI=1S/C23H26F2N6O3S/c1-2-35(32,33)31-10-7-19-20(14-31)28-22(15-12-26-27-13-15)23(29-19)30-8-5-17(6-9-30)34-21-4-3-16(24)11-18(21)25/h3-4,11-13,17H,2,5-10,14H2,1H3,(H,26,27). The van der Waals surface area contributed by atoms with E-state index in [9.17, 15) is 17.2 Å². The van der Waals surface area contributed by atoms with E-state index >= 15 is 0 Å². The van der Waals surface area contributed by atoms with Crippen LogP contribution >= 0.6 is 0 Å². The molecule has 0 radical (unpaired) electrons. The third-order valence-electron chi connectivity index (χ3n) is 6.42. The number of piperidine rings is 1. The van der Waals surface area contributed by atoms with Crippen molar-refractivity contribution >= 4 is 15.8 Å². The van der Waals surface area contributed by atoms with Crippen molar-refractivity contribution in [2.45, 2.75) is 38.8 Å². The average molecular weight is 505 g/mol. The molecule has 186 valence electrons. The van der Waals surface area contributed by atoms with Crippen molar-refractivity contribution < 1.29 is 21.9 Å². The van der Waals surface area contributed by atoms with Gasteiger partial charge in [0, 0.05) is 56.7 Å². The third kappa shape index (κ3) is 4.85. The quantitative estimate of drug-likeness (QED) is 0.550. The Bertz CT molecular complexity index is 1310. The zero-order valence-corrected chi connectivity index (χ0v) is 20.1. The van der Waals surface area contributed by atoms with Gasteiger partial charge in [0.15, 0.2) is 17.4 Å². The molecule has 2 aromatic heterocycles. The lowest BCUT2D eigenvalue weighted by Gasteiger charge is -2.35. The molecule has 35 heavy (non-hydrogen) atoms. The summed E-state index contributed by atoms with van der Waals surface area (Å²) in [7, 11) is -3.32. The van der Waals surface area contributed by atoms with Crippen LogP contribution in [0, 0.1) is 11.6 Å². The number of sulfonamides is 1. The van der Waals surface area contributed by atoms with Gasteiger partial charge in [0.25, 0.3) is 0 Å². The van der Waals surface area contributed by atoms with E-state index in [1.807, 2.05) is 0 Å². The van der Waals surface area contributed by atoms with E-state index in [1.54, 1.807) is 19.3 Å². The van der Waals surface area contributed by atoms with Crippen molar-refractivity contribution in [1.29, 1.82) is 0 Å². The number of nitrogens with zero attached hydrogens (tertiary/aromatic N) is 5. The zero-order valence-electron chi connectivity index (χ0n) is 19.2. The Morgan fingerprint density at radius 3 is 2.63 bits per heavy atom. The van der Waals surface area contributed by atoms with Crippen LogP contribution in [0.5, 0.6) is 5.75 Å². The highest BCUT2D eigenvalue weighted by Crippen LogP contribution is 2.33. The number of aromatic nitrogens is 4. The summed E-state index contributed by atoms with van der Waals surface area (Å²) in [6.45, 7) is 3.43. The first-order chi connectivity index (χ1) is 16.8. The van der Waals surface area contributed by atoms with E-state index in [0.717, 1.165) is 17.3 Å². The van der Waals surface area contributed by atoms with Gasteiger partial charge in [0.2, 0.25) is 10.0 Å². The molecule has 1 saturated heterocycles. The predicted octanol–water partition coefficient (Wildman–Crippen LogP) is 2.90. The molecule has 0 saturated carbocycles. The summed E-state index contributed by atoms with van der Waals surface area (Å²) in [6.07, 6.45) is 4.93. The minimum Gasteiger partial charge on any atom is -0.487 e. The number of nitrogens with one attached hydrogen (secondary N) is 1. The van der Waals surface area contributed by atoms with Gasteiger partial charge < -0.3 is 9.64 Å². The van der Waals surface area contributed by atoms with Gasteiger partial charge in [-0.05, 0) is 19.1 Å². The fourth-order valence-corrected chi connectivity index (χ4v) is 5.50. The number of anilines is 1. The summed E-state index contributed by atoms with van der Waals surface area (Å²) < 4.78 is 59.2. The summed E-state index contributed by atoms with van der Waals surface area (Å²) in [5, 5.41) is 6.84. The van der Waals surface area contributed by atoms with Gasteiger partial charge in [-0.25, -0.2) is 27.2 Å². The highest BCUT2D eigenvalue weighted by atomic mass is 32.2. The Hall–Kier alpha value is -3.12. The van der Waals surface area contributed by atoms with Crippen LogP contribution in [0.25, 0.3) is 11.3 Å².